The first kappa shape index (κ1) is 40.5. The molecule has 2 aromatic carbocycles. The number of carbonyl (C=O) groups excluding carboxylic acids is 4. The van der Waals surface area contributed by atoms with Crippen molar-refractivity contribution in [3.63, 3.8) is 0 Å². The van der Waals surface area contributed by atoms with Crippen molar-refractivity contribution in [1.29, 1.82) is 0 Å². The van der Waals surface area contributed by atoms with Gasteiger partial charge >= 0.3 is 5.97 Å². The van der Waals surface area contributed by atoms with Gasteiger partial charge in [-0.25, -0.2) is 4.39 Å². The van der Waals surface area contributed by atoms with Crippen LogP contribution in [0.4, 0.5) is 4.39 Å². The van der Waals surface area contributed by atoms with Crippen LogP contribution in [-0.4, -0.2) is 97.7 Å². The Morgan fingerprint density at radius 3 is 2.39 bits per heavy atom. The van der Waals surface area contributed by atoms with Gasteiger partial charge in [-0.05, 0) is 49.4 Å². The minimum atomic E-state index is -1.04. The molecule has 2 aromatic heterocycles. The van der Waals surface area contributed by atoms with Gasteiger partial charge < -0.3 is 20.2 Å². The lowest BCUT2D eigenvalue weighted by Crippen LogP contribution is -2.63. The Bertz CT molecular complexity index is 2070. The summed E-state index contributed by atoms with van der Waals surface area (Å²) in [6.07, 6.45) is 13.6. The van der Waals surface area contributed by atoms with E-state index >= 15 is 4.39 Å². The summed E-state index contributed by atoms with van der Waals surface area (Å²) in [5, 5.41) is 20.8. The van der Waals surface area contributed by atoms with Gasteiger partial charge in [0.1, 0.15) is 24.7 Å². The molecule has 1 saturated heterocycles. The van der Waals surface area contributed by atoms with E-state index in [4.69, 9.17) is 10.2 Å². The van der Waals surface area contributed by atoms with Gasteiger partial charge in [-0.15, -0.1) is 0 Å². The number of aliphatic carboxylic acids is 1. The number of Topliss-reactive ketones (excluding diaryl/α,β-unsaturated/α-hetero) is 1. The smallest absolute Gasteiger partial charge is 0.322 e. The van der Waals surface area contributed by atoms with Gasteiger partial charge in [0.05, 0.1) is 22.9 Å². The van der Waals surface area contributed by atoms with Crippen molar-refractivity contribution >= 4 is 51.8 Å². The number of likely N-dealkylation sites (N-methyl/N-ethyl adjacent to an activating group) is 1. The highest BCUT2D eigenvalue weighted by atomic mass is 19.1. The monoisotopic (exact) mass is 771 g/mol. The summed E-state index contributed by atoms with van der Waals surface area (Å²) >= 11 is 0. The maximum atomic E-state index is 15.7. The van der Waals surface area contributed by atoms with Crippen molar-refractivity contribution in [3.8, 4) is 11.1 Å². The number of benzene rings is 2. The van der Waals surface area contributed by atoms with Gasteiger partial charge in [0.2, 0.25) is 18.2 Å². The molecule has 2 N–H and O–H groups in total. The molecule has 2 aliphatic carbocycles. The maximum Gasteiger partial charge on any atom is 0.322 e. The zero-order valence-corrected chi connectivity index (χ0v) is 32.8. The van der Waals surface area contributed by atoms with Gasteiger partial charge in [0, 0.05) is 80.7 Å². The molecule has 14 heteroatoms. The van der Waals surface area contributed by atoms with E-state index in [0.29, 0.717) is 56.8 Å². The zero-order valence-electron chi connectivity index (χ0n) is 32.8. The normalized spacial score (nSPS) is 17.0. The molecule has 3 aliphatic rings. The number of hydrogen-bond donors (Lipinski definition) is 2. The van der Waals surface area contributed by atoms with E-state index in [9.17, 15) is 24.0 Å². The van der Waals surface area contributed by atoms with E-state index in [1.54, 1.807) is 27.5 Å². The molecule has 1 aliphatic heterocycles. The Balaban J connectivity index is 0.000000695. The Morgan fingerprint density at radius 2 is 1.73 bits per heavy atom. The topological polar surface area (TPSA) is 160 Å². The molecule has 56 heavy (non-hydrogen) atoms. The van der Waals surface area contributed by atoms with Gasteiger partial charge in [0.25, 0.3) is 0 Å². The maximum absolute atomic E-state index is 15.7. The van der Waals surface area contributed by atoms with Crippen molar-refractivity contribution in [3.05, 3.63) is 48.0 Å². The Hall–Kier alpha value is -5.14. The summed E-state index contributed by atoms with van der Waals surface area (Å²) in [5.74, 6) is -0.456. The van der Waals surface area contributed by atoms with Gasteiger partial charge in [-0.3, -0.25) is 33.3 Å². The number of aryl methyl sites for hydroxylation is 1. The fourth-order valence-electron chi connectivity index (χ4n) is 8.77. The number of carboxylic acid groups (broad SMARTS) is 1. The molecular formula is C42H54FN7O6. The van der Waals surface area contributed by atoms with E-state index in [-0.39, 0.29) is 47.8 Å². The summed E-state index contributed by atoms with van der Waals surface area (Å²) in [4.78, 5) is 61.3. The number of fused-ring (bicyclic) bond motifs is 2. The van der Waals surface area contributed by atoms with E-state index in [1.807, 2.05) is 48.5 Å². The van der Waals surface area contributed by atoms with Crippen LogP contribution >= 0.6 is 0 Å². The average molecular weight is 772 g/mol. The number of carbonyl (C=O) groups is 5. The van der Waals surface area contributed by atoms with Crippen LogP contribution in [0.5, 0.6) is 0 Å². The molecule has 1 spiro atoms. The standard InChI is InChI=1S/C39H49FN6O3.C3H5NO3/c1-4-43(2)36(49)23-46-33-14-10-13-30(31-19-34-27(18-32(31)40)22-41-44(34)3)37(33)38(42-46)28-20-39(21-28)24-45(25-39)35(48)16-15-29(47)17-26-11-8-6-5-7-9-12-26;5-2-4-1-3(6)7/h10,13-14,18-19,22,26,28H,4-9,11-12,15-17,20-21,23-25H2,1-3H3;2H,1H2,(H,4,5)(H,6,7). The van der Waals surface area contributed by atoms with Gasteiger partial charge in [-0.2, -0.15) is 10.2 Å². The largest absolute Gasteiger partial charge is 0.480 e. The molecule has 3 fully saturated rings. The highest BCUT2D eigenvalue weighted by molar-refractivity contribution is 6.00. The molecule has 0 radical (unpaired) electrons. The van der Waals surface area contributed by atoms with Crippen molar-refractivity contribution in [1.82, 2.24) is 34.7 Å². The number of amides is 3. The first-order valence-corrected chi connectivity index (χ1v) is 19.9. The van der Waals surface area contributed by atoms with Crippen LogP contribution in [0.2, 0.25) is 0 Å². The van der Waals surface area contributed by atoms with E-state index in [0.717, 1.165) is 58.7 Å². The zero-order chi connectivity index (χ0) is 40.0. The van der Waals surface area contributed by atoms with Crippen molar-refractivity contribution in [2.24, 2.45) is 18.4 Å². The van der Waals surface area contributed by atoms with Crippen LogP contribution in [0.15, 0.2) is 36.5 Å². The number of nitrogens with zero attached hydrogens (tertiary/aromatic N) is 6. The Kier molecular flexibility index (Phi) is 12.9. The second kappa shape index (κ2) is 17.8. The Labute approximate surface area is 326 Å². The summed E-state index contributed by atoms with van der Waals surface area (Å²) in [6, 6.07) is 9.19. The van der Waals surface area contributed by atoms with Crippen LogP contribution in [0.3, 0.4) is 0 Å². The number of nitrogens with one attached hydrogen (secondary N) is 1. The number of carboxylic acids is 1. The number of aromatic nitrogens is 4. The molecule has 0 bridgehead atoms. The fraction of sp³-hybridized carbons (Fsp3) is 0.548. The second-order valence-corrected chi connectivity index (χ2v) is 16.0. The predicted molar refractivity (Wildman–Crippen MR) is 210 cm³/mol. The molecule has 3 amide bonds. The fourth-order valence-corrected chi connectivity index (χ4v) is 8.77. The second-order valence-electron chi connectivity index (χ2n) is 16.0. The summed E-state index contributed by atoms with van der Waals surface area (Å²) < 4.78 is 19.2. The minimum Gasteiger partial charge on any atom is -0.480 e. The molecule has 13 nitrogen and oxygen atoms in total. The lowest BCUT2D eigenvalue weighted by molar-refractivity contribution is -0.152. The highest BCUT2D eigenvalue weighted by Gasteiger charge is 2.54. The van der Waals surface area contributed by atoms with Crippen LogP contribution in [0.25, 0.3) is 32.9 Å². The number of halogens is 1. The third-order valence-electron chi connectivity index (χ3n) is 12.0. The molecule has 2 saturated carbocycles. The van der Waals surface area contributed by atoms with E-state index in [2.05, 4.69) is 5.10 Å². The number of ketones is 1. The first-order chi connectivity index (χ1) is 26.9. The van der Waals surface area contributed by atoms with E-state index < -0.39 is 5.97 Å². The summed E-state index contributed by atoms with van der Waals surface area (Å²) in [6.45, 7) is 3.75. The molecule has 300 valence electrons. The van der Waals surface area contributed by atoms with E-state index in [1.165, 1.54) is 38.2 Å². The predicted octanol–water partition coefficient (Wildman–Crippen LogP) is 5.83. The molecular weight excluding hydrogens is 718 g/mol. The van der Waals surface area contributed by atoms with Crippen molar-refractivity contribution < 1.29 is 33.5 Å². The lowest BCUT2D eigenvalue weighted by atomic mass is 9.56. The SMILES string of the molecule is CCN(C)C(=O)Cn1nc(C2CC3(C2)CN(C(=O)CCC(=O)CC2CCCCCCC2)C3)c2c(-c3cc4c(cnn4C)cc3F)cccc21.O=CNCC(=O)O. The Morgan fingerprint density at radius 1 is 1.02 bits per heavy atom. The third kappa shape index (κ3) is 9.11. The average Bonchev–Trinajstić information content (AvgIpc) is 3.68. The molecule has 4 aromatic rings. The van der Waals surface area contributed by atoms with Crippen LogP contribution in [0.1, 0.15) is 95.6 Å². The van der Waals surface area contributed by atoms with Crippen LogP contribution in [-0.2, 0) is 37.6 Å². The highest BCUT2D eigenvalue weighted by Crippen LogP contribution is 2.57. The third-order valence-corrected chi connectivity index (χ3v) is 12.0. The van der Waals surface area contributed by atoms with Crippen molar-refractivity contribution in [2.45, 2.75) is 96.4 Å². The number of rotatable bonds is 13. The van der Waals surface area contributed by atoms with Gasteiger partial charge in [-0.1, -0.05) is 57.1 Å². The number of hydrogen-bond acceptors (Lipinski definition) is 7. The lowest BCUT2D eigenvalue weighted by Gasteiger charge is -2.59. The number of likely N-dealkylation sites (tertiary alicyclic amines) is 1. The first-order valence-electron chi connectivity index (χ1n) is 19.9. The van der Waals surface area contributed by atoms with Crippen LogP contribution in [0, 0.1) is 17.2 Å². The van der Waals surface area contributed by atoms with Crippen LogP contribution < -0.4 is 5.32 Å². The summed E-state index contributed by atoms with van der Waals surface area (Å²) in [7, 11) is 3.63. The minimum absolute atomic E-state index is 0.0345. The van der Waals surface area contributed by atoms with Gasteiger partial charge in [0.15, 0.2) is 0 Å². The summed E-state index contributed by atoms with van der Waals surface area (Å²) in [5.41, 5.74) is 3.82. The quantitative estimate of drug-likeness (QED) is 0.161. The molecule has 7 rings (SSSR count). The molecule has 3 heterocycles. The molecule has 0 unspecified atom stereocenters. The van der Waals surface area contributed by atoms with Crippen molar-refractivity contribution in [2.75, 3.05) is 33.2 Å². The molecule has 0 atom stereocenters.